The SMILES string of the molecule is CCCOC(C)(C)C(O)(C(F)(F)F)C(F)(F)F. The van der Waals surface area contributed by atoms with Crippen LogP contribution in [0.5, 0.6) is 0 Å². The van der Waals surface area contributed by atoms with Crippen LogP contribution in [0.2, 0.25) is 0 Å². The van der Waals surface area contributed by atoms with Crippen molar-refractivity contribution in [3.63, 3.8) is 0 Å². The van der Waals surface area contributed by atoms with E-state index < -0.39 is 23.6 Å². The van der Waals surface area contributed by atoms with Crippen LogP contribution < -0.4 is 0 Å². The number of ether oxygens (including phenoxy) is 1. The zero-order valence-electron chi connectivity index (χ0n) is 9.54. The minimum atomic E-state index is -5.87. The van der Waals surface area contributed by atoms with Crippen molar-refractivity contribution in [2.75, 3.05) is 6.61 Å². The highest BCUT2D eigenvalue weighted by atomic mass is 19.4. The Kier molecular flexibility index (Phi) is 4.50. The van der Waals surface area contributed by atoms with Crippen LogP contribution in [0.3, 0.4) is 0 Å². The molecule has 0 rings (SSSR count). The fourth-order valence-electron chi connectivity index (χ4n) is 1.31. The Morgan fingerprint density at radius 2 is 1.29 bits per heavy atom. The molecule has 0 aromatic heterocycles. The van der Waals surface area contributed by atoms with Crippen molar-refractivity contribution in [3.8, 4) is 0 Å². The van der Waals surface area contributed by atoms with Crippen molar-refractivity contribution in [2.45, 2.75) is 50.7 Å². The minimum Gasteiger partial charge on any atom is -0.372 e. The number of halogens is 6. The van der Waals surface area contributed by atoms with Gasteiger partial charge in [-0.2, -0.15) is 26.3 Å². The van der Waals surface area contributed by atoms with E-state index in [2.05, 4.69) is 4.74 Å². The molecule has 0 spiro atoms. The predicted molar refractivity (Wildman–Crippen MR) is 47.4 cm³/mol. The smallest absolute Gasteiger partial charge is 0.372 e. The zero-order valence-corrected chi connectivity index (χ0v) is 9.54. The van der Waals surface area contributed by atoms with Crippen LogP contribution in [0.15, 0.2) is 0 Å². The first kappa shape index (κ1) is 16.5. The van der Waals surface area contributed by atoms with Crippen molar-refractivity contribution in [1.29, 1.82) is 0 Å². The van der Waals surface area contributed by atoms with E-state index in [1.165, 1.54) is 6.92 Å². The molecule has 0 saturated heterocycles. The van der Waals surface area contributed by atoms with Gasteiger partial charge in [-0.15, -0.1) is 0 Å². The third kappa shape index (κ3) is 2.85. The number of aliphatic hydroxyl groups is 1. The quantitative estimate of drug-likeness (QED) is 0.794. The molecular weight excluding hydrogens is 254 g/mol. The maximum atomic E-state index is 12.5. The first-order chi connectivity index (χ1) is 7.31. The van der Waals surface area contributed by atoms with E-state index in [0.29, 0.717) is 13.8 Å². The van der Waals surface area contributed by atoms with Gasteiger partial charge < -0.3 is 9.84 Å². The Morgan fingerprint density at radius 1 is 0.941 bits per heavy atom. The van der Waals surface area contributed by atoms with Crippen molar-refractivity contribution in [1.82, 2.24) is 0 Å². The van der Waals surface area contributed by atoms with Gasteiger partial charge in [-0.25, -0.2) is 0 Å². The third-order valence-electron chi connectivity index (χ3n) is 2.36. The molecule has 0 aliphatic heterocycles. The molecule has 0 saturated carbocycles. The third-order valence-corrected chi connectivity index (χ3v) is 2.36. The van der Waals surface area contributed by atoms with Gasteiger partial charge >= 0.3 is 12.4 Å². The Hall–Kier alpha value is -0.500. The average Bonchev–Trinajstić information content (AvgIpc) is 2.09. The molecule has 17 heavy (non-hydrogen) atoms. The van der Waals surface area contributed by atoms with Crippen molar-refractivity contribution in [2.24, 2.45) is 0 Å². The molecule has 0 unspecified atom stereocenters. The van der Waals surface area contributed by atoms with E-state index in [9.17, 15) is 26.3 Å². The molecule has 0 atom stereocenters. The lowest BCUT2D eigenvalue weighted by Crippen LogP contribution is -2.69. The van der Waals surface area contributed by atoms with Crippen LogP contribution in [0.1, 0.15) is 27.2 Å². The van der Waals surface area contributed by atoms with E-state index >= 15 is 0 Å². The number of alkyl halides is 6. The maximum Gasteiger partial charge on any atom is 0.429 e. The van der Waals surface area contributed by atoms with Gasteiger partial charge in [0.1, 0.15) is 5.60 Å². The second-order valence-electron chi connectivity index (χ2n) is 4.06. The molecule has 0 bridgehead atoms. The molecule has 0 fully saturated rings. The molecule has 0 aromatic rings. The van der Waals surface area contributed by atoms with Crippen molar-refractivity contribution >= 4 is 0 Å². The van der Waals surface area contributed by atoms with Crippen LogP contribution in [0.4, 0.5) is 26.3 Å². The second kappa shape index (κ2) is 4.64. The fraction of sp³-hybridized carbons (Fsp3) is 1.00. The summed E-state index contributed by atoms with van der Waals surface area (Å²) in [4.78, 5) is 0. The lowest BCUT2D eigenvalue weighted by molar-refractivity contribution is -0.412. The van der Waals surface area contributed by atoms with Gasteiger partial charge in [-0.05, 0) is 20.3 Å². The highest BCUT2D eigenvalue weighted by Crippen LogP contribution is 2.50. The topological polar surface area (TPSA) is 29.5 Å². The zero-order chi connectivity index (χ0) is 14.1. The lowest BCUT2D eigenvalue weighted by Gasteiger charge is -2.43. The van der Waals surface area contributed by atoms with E-state index in [1.54, 1.807) is 0 Å². The van der Waals surface area contributed by atoms with Crippen LogP contribution in [0, 0.1) is 0 Å². The van der Waals surface area contributed by atoms with E-state index in [-0.39, 0.29) is 13.0 Å². The Labute approximate surface area is 94.6 Å². The molecule has 0 radical (unpaired) electrons. The Morgan fingerprint density at radius 3 is 1.53 bits per heavy atom. The van der Waals surface area contributed by atoms with Gasteiger partial charge in [0.15, 0.2) is 0 Å². The molecule has 0 aliphatic rings. The van der Waals surface area contributed by atoms with Crippen LogP contribution in [0.25, 0.3) is 0 Å². The highest BCUT2D eigenvalue weighted by Gasteiger charge is 2.77. The summed E-state index contributed by atoms with van der Waals surface area (Å²) in [7, 11) is 0. The van der Waals surface area contributed by atoms with E-state index in [0.717, 1.165) is 0 Å². The summed E-state index contributed by atoms with van der Waals surface area (Å²) in [5.41, 5.74) is -7.72. The lowest BCUT2D eigenvalue weighted by atomic mass is 9.84. The standard InChI is InChI=1S/C9H14F6O2/c1-4-5-17-6(2,3)7(16,8(10,11)12)9(13,14)15/h16H,4-5H2,1-3H3. The summed E-state index contributed by atoms with van der Waals surface area (Å²) in [5.74, 6) is 0. The molecule has 0 aliphatic carbocycles. The maximum absolute atomic E-state index is 12.5. The van der Waals surface area contributed by atoms with Crippen LogP contribution >= 0.6 is 0 Å². The molecule has 104 valence electrons. The summed E-state index contributed by atoms with van der Waals surface area (Å²) in [6.07, 6.45) is -11.5. The van der Waals surface area contributed by atoms with Crippen molar-refractivity contribution in [3.05, 3.63) is 0 Å². The molecule has 0 aromatic carbocycles. The van der Waals surface area contributed by atoms with Gasteiger partial charge in [0, 0.05) is 6.61 Å². The first-order valence-corrected chi connectivity index (χ1v) is 4.81. The number of hydrogen-bond donors (Lipinski definition) is 1. The van der Waals surface area contributed by atoms with E-state index in [1.807, 2.05) is 0 Å². The van der Waals surface area contributed by atoms with E-state index in [4.69, 9.17) is 5.11 Å². The molecule has 2 nitrogen and oxygen atoms in total. The Balaban J connectivity index is 5.49. The molecule has 8 heteroatoms. The van der Waals surface area contributed by atoms with Gasteiger partial charge in [-0.1, -0.05) is 6.92 Å². The van der Waals surface area contributed by atoms with Gasteiger partial charge in [-0.3, -0.25) is 0 Å². The monoisotopic (exact) mass is 268 g/mol. The molecular formula is C9H14F6O2. The molecule has 1 N–H and O–H groups in total. The van der Waals surface area contributed by atoms with Gasteiger partial charge in [0.25, 0.3) is 5.60 Å². The van der Waals surface area contributed by atoms with Crippen molar-refractivity contribution < 1.29 is 36.2 Å². The number of rotatable bonds is 4. The fourth-order valence-corrected chi connectivity index (χ4v) is 1.31. The largest absolute Gasteiger partial charge is 0.429 e. The average molecular weight is 268 g/mol. The number of hydrogen-bond acceptors (Lipinski definition) is 2. The predicted octanol–water partition coefficient (Wildman–Crippen LogP) is 3.05. The summed E-state index contributed by atoms with van der Waals surface area (Å²) < 4.78 is 79.3. The van der Waals surface area contributed by atoms with Gasteiger partial charge in [0.2, 0.25) is 0 Å². The van der Waals surface area contributed by atoms with Crippen LogP contribution in [-0.4, -0.2) is 35.3 Å². The Bertz CT molecular complexity index is 241. The summed E-state index contributed by atoms with van der Waals surface area (Å²) in [6.45, 7) is 2.32. The highest BCUT2D eigenvalue weighted by molar-refractivity contribution is 5.06. The minimum absolute atomic E-state index is 0.231. The molecule has 0 heterocycles. The first-order valence-electron chi connectivity index (χ1n) is 4.81. The summed E-state index contributed by atoms with van der Waals surface area (Å²) in [5, 5.41) is 9.06. The normalized spacial score (nSPS) is 15.2. The second-order valence-corrected chi connectivity index (χ2v) is 4.06. The van der Waals surface area contributed by atoms with Crippen LogP contribution in [-0.2, 0) is 4.74 Å². The summed E-state index contributed by atoms with van der Waals surface area (Å²) >= 11 is 0. The summed E-state index contributed by atoms with van der Waals surface area (Å²) in [6, 6.07) is 0. The van der Waals surface area contributed by atoms with Gasteiger partial charge in [0.05, 0.1) is 0 Å². The molecule has 0 amide bonds.